The largest absolute Gasteiger partial charge is 0.494 e. The SMILES string of the molecule is COc1cc(NC(=O)C2(C)CCCC2N)ccc1F. The molecule has 19 heavy (non-hydrogen) atoms. The third kappa shape index (κ3) is 2.56. The highest BCUT2D eigenvalue weighted by molar-refractivity contribution is 5.96. The van der Waals surface area contributed by atoms with Crippen molar-refractivity contribution in [1.82, 2.24) is 0 Å². The van der Waals surface area contributed by atoms with Crippen molar-refractivity contribution in [2.24, 2.45) is 11.1 Å². The molecule has 0 aliphatic heterocycles. The van der Waals surface area contributed by atoms with E-state index in [0.717, 1.165) is 19.3 Å². The minimum absolute atomic E-state index is 0.110. The van der Waals surface area contributed by atoms with E-state index in [1.54, 1.807) is 0 Å². The lowest BCUT2D eigenvalue weighted by Gasteiger charge is -2.27. The van der Waals surface area contributed by atoms with Gasteiger partial charge in [0.1, 0.15) is 0 Å². The summed E-state index contributed by atoms with van der Waals surface area (Å²) < 4.78 is 18.2. The quantitative estimate of drug-likeness (QED) is 0.882. The number of halogens is 1. The van der Waals surface area contributed by atoms with Crippen LogP contribution in [-0.4, -0.2) is 19.1 Å². The van der Waals surface area contributed by atoms with E-state index in [2.05, 4.69) is 5.32 Å². The highest BCUT2D eigenvalue weighted by Gasteiger charge is 2.42. The van der Waals surface area contributed by atoms with Crippen LogP contribution in [0.25, 0.3) is 0 Å². The number of amides is 1. The van der Waals surface area contributed by atoms with Crippen molar-refractivity contribution in [3.63, 3.8) is 0 Å². The molecule has 0 aromatic heterocycles. The third-order valence-electron chi connectivity index (χ3n) is 3.96. The van der Waals surface area contributed by atoms with Crippen LogP contribution in [0, 0.1) is 11.2 Å². The summed E-state index contributed by atoms with van der Waals surface area (Å²) in [4.78, 5) is 12.3. The maximum Gasteiger partial charge on any atom is 0.231 e. The number of benzene rings is 1. The number of hydrogen-bond acceptors (Lipinski definition) is 3. The van der Waals surface area contributed by atoms with Crippen LogP contribution in [-0.2, 0) is 4.79 Å². The number of nitrogens with one attached hydrogen (secondary N) is 1. The topological polar surface area (TPSA) is 64.3 Å². The molecule has 2 unspecified atom stereocenters. The maximum atomic E-state index is 13.3. The lowest BCUT2D eigenvalue weighted by Crippen LogP contribution is -2.44. The van der Waals surface area contributed by atoms with Crippen LogP contribution >= 0.6 is 0 Å². The molecule has 2 atom stereocenters. The minimum atomic E-state index is -0.554. The molecule has 1 saturated carbocycles. The second-order valence-corrected chi connectivity index (χ2v) is 5.22. The fourth-order valence-corrected chi connectivity index (χ4v) is 2.49. The highest BCUT2D eigenvalue weighted by Crippen LogP contribution is 2.37. The Kier molecular flexibility index (Phi) is 3.75. The van der Waals surface area contributed by atoms with E-state index < -0.39 is 11.2 Å². The van der Waals surface area contributed by atoms with Gasteiger partial charge in [0, 0.05) is 17.8 Å². The van der Waals surface area contributed by atoms with Crippen LogP contribution in [0.5, 0.6) is 5.75 Å². The smallest absolute Gasteiger partial charge is 0.231 e. The van der Waals surface area contributed by atoms with Gasteiger partial charge in [0.05, 0.1) is 12.5 Å². The second kappa shape index (κ2) is 5.17. The first-order valence-corrected chi connectivity index (χ1v) is 6.38. The summed E-state index contributed by atoms with van der Waals surface area (Å²) in [6.45, 7) is 1.88. The fraction of sp³-hybridized carbons (Fsp3) is 0.500. The van der Waals surface area contributed by atoms with Crippen molar-refractivity contribution >= 4 is 11.6 Å². The Morgan fingerprint density at radius 2 is 2.32 bits per heavy atom. The molecule has 2 rings (SSSR count). The van der Waals surface area contributed by atoms with Gasteiger partial charge in [-0.05, 0) is 31.9 Å². The Morgan fingerprint density at radius 3 is 2.89 bits per heavy atom. The summed E-state index contributed by atoms with van der Waals surface area (Å²) in [5, 5.41) is 2.79. The molecule has 3 N–H and O–H groups in total. The fourth-order valence-electron chi connectivity index (χ4n) is 2.49. The molecule has 0 heterocycles. The zero-order valence-corrected chi connectivity index (χ0v) is 11.2. The van der Waals surface area contributed by atoms with Crippen LogP contribution < -0.4 is 15.8 Å². The summed E-state index contributed by atoms with van der Waals surface area (Å²) in [7, 11) is 1.39. The molecule has 1 aromatic carbocycles. The Hall–Kier alpha value is -1.62. The van der Waals surface area contributed by atoms with Gasteiger partial charge in [-0.1, -0.05) is 6.42 Å². The first kappa shape index (κ1) is 13.8. The van der Waals surface area contributed by atoms with Gasteiger partial charge in [-0.15, -0.1) is 0 Å². The number of carbonyl (C=O) groups is 1. The molecule has 1 fully saturated rings. The summed E-state index contributed by atoms with van der Waals surface area (Å²) in [6.07, 6.45) is 2.59. The number of methoxy groups -OCH3 is 1. The lowest BCUT2D eigenvalue weighted by molar-refractivity contribution is -0.125. The summed E-state index contributed by atoms with van der Waals surface area (Å²) in [5.41, 5.74) is 5.97. The van der Waals surface area contributed by atoms with Gasteiger partial charge in [0.2, 0.25) is 5.91 Å². The number of rotatable bonds is 3. The molecule has 0 bridgehead atoms. The first-order valence-electron chi connectivity index (χ1n) is 6.38. The number of nitrogens with two attached hydrogens (primary N) is 1. The van der Waals surface area contributed by atoms with Gasteiger partial charge in [0.15, 0.2) is 11.6 Å². The van der Waals surface area contributed by atoms with Crippen LogP contribution in [0.4, 0.5) is 10.1 Å². The van der Waals surface area contributed by atoms with Crippen molar-refractivity contribution in [3.05, 3.63) is 24.0 Å². The summed E-state index contributed by atoms with van der Waals surface area (Å²) >= 11 is 0. The number of hydrogen-bond donors (Lipinski definition) is 2. The molecule has 1 aliphatic carbocycles. The predicted molar refractivity (Wildman–Crippen MR) is 71.5 cm³/mol. The molecular formula is C14H19FN2O2. The molecular weight excluding hydrogens is 247 g/mol. The van der Waals surface area contributed by atoms with Gasteiger partial charge in [-0.3, -0.25) is 4.79 Å². The number of ether oxygens (including phenoxy) is 1. The van der Waals surface area contributed by atoms with Gasteiger partial charge in [-0.25, -0.2) is 4.39 Å². The molecule has 0 radical (unpaired) electrons. The van der Waals surface area contributed by atoms with Crippen LogP contribution in [0.2, 0.25) is 0 Å². The summed E-state index contributed by atoms with van der Waals surface area (Å²) in [5.74, 6) is -0.464. The second-order valence-electron chi connectivity index (χ2n) is 5.22. The average molecular weight is 266 g/mol. The Balaban J connectivity index is 2.15. The van der Waals surface area contributed by atoms with Crippen molar-refractivity contribution in [2.45, 2.75) is 32.2 Å². The molecule has 5 heteroatoms. The molecule has 0 saturated heterocycles. The molecule has 0 spiro atoms. The zero-order valence-electron chi connectivity index (χ0n) is 11.2. The standard InChI is InChI=1S/C14H19FN2O2/c1-14(7-3-4-12(14)16)13(18)17-9-5-6-10(15)11(8-9)19-2/h5-6,8,12H,3-4,7,16H2,1-2H3,(H,17,18). The lowest BCUT2D eigenvalue weighted by atomic mass is 9.84. The predicted octanol–water partition coefficient (Wildman–Crippen LogP) is 2.29. The number of anilines is 1. The third-order valence-corrected chi connectivity index (χ3v) is 3.96. The monoisotopic (exact) mass is 266 g/mol. The molecule has 4 nitrogen and oxygen atoms in total. The van der Waals surface area contributed by atoms with Crippen molar-refractivity contribution in [2.75, 3.05) is 12.4 Å². The zero-order chi connectivity index (χ0) is 14.0. The van der Waals surface area contributed by atoms with Gasteiger partial charge in [0.25, 0.3) is 0 Å². The van der Waals surface area contributed by atoms with Gasteiger partial charge in [-0.2, -0.15) is 0 Å². The van der Waals surface area contributed by atoms with E-state index in [9.17, 15) is 9.18 Å². The molecule has 104 valence electrons. The average Bonchev–Trinajstić information content (AvgIpc) is 2.73. The molecule has 1 aliphatic rings. The van der Waals surface area contributed by atoms with Crippen LogP contribution in [0.3, 0.4) is 0 Å². The van der Waals surface area contributed by atoms with Gasteiger partial charge >= 0.3 is 0 Å². The molecule has 1 amide bonds. The Bertz CT molecular complexity index is 492. The Morgan fingerprint density at radius 1 is 1.58 bits per heavy atom. The van der Waals surface area contributed by atoms with Crippen molar-refractivity contribution in [3.8, 4) is 5.75 Å². The van der Waals surface area contributed by atoms with E-state index in [4.69, 9.17) is 10.5 Å². The normalized spacial score (nSPS) is 26.2. The van der Waals surface area contributed by atoms with E-state index in [1.807, 2.05) is 6.92 Å². The number of carbonyl (C=O) groups excluding carboxylic acids is 1. The minimum Gasteiger partial charge on any atom is -0.494 e. The van der Waals surface area contributed by atoms with Crippen LogP contribution in [0.15, 0.2) is 18.2 Å². The Labute approximate surface area is 112 Å². The van der Waals surface area contributed by atoms with Gasteiger partial charge < -0.3 is 15.8 Å². The first-order chi connectivity index (χ1) is 8.97. The van der Waals surface area contributed by atoms with E-state index in [1.165, 1.54) is 25.3 Å². The van der Waals surface area contributed by atoms with Crippen molar-refractivity contribution < 1.29 is 13.9 Å². The maximum absolute atomic E-state index is 13.3. The molecule has 1 aromatic rings. The highest BCUT2D eigenvalue weighted by atomic mass is 19.1. The van der Waals surface area contributed by atoms with E-state index in [0.29, 0.717) is 5.69 Å². The van der Waals surface area contributed by atoms with Crippen LogP contribution in [0.1, 0.15) is 26.2 Å². The van der Waals surface area contributed by atoms with Crippen molar-refractivity contribution in [1.29, 1.82) is 0 Å². The summed E-state index contributed by atoms with van der Waals surface area (Å²) in [6, 6.07) is 4.12. The van der Waals surface area contributed by atoms with E-state index >= 15 is 0 Å². The van der Waals surface area contributed by atoms with E-state index in [-0.39, 0.29) is 17.7 Å².